The van der Waals surface area contributed by atoms with Crippen molar-refractivity contribution in [1.82, 2.24) is 16.2 Å². The molecule has 0 aromatic heterocycles. The lowest BCUT2D eigenvalue weighted by atomic mass is 10.1. The van der Waals surface area contributed by atoms with Crippen molar-refractivity contribution in [3.8, 4) is 0 Å². The van der Waals surface area contributed by atoms with Gasteiger partial charge in [-0.25, -0.2) is 0 Å². The molecule has 0 bridgehead atoms. The van der Waals surface area contributed by atoms with Crippen molar-refractivity contribution in [2.24, 2.45) is 11.8 Å². The Hall–Kier alpha value is -1.14. The third-order valence-corrected chi connectivity index (χ3v) is 4.24. The summed E-state index contributed by atoms with van der Waals surface area (Å²) in [7, 11) is 1.70. The van der Waals surface area contributed by atoms with E-state index >= 15 is 0 Å². The van der Waals surface area contributed by atoms with E-state index in [0.717, 1.165) is 4.47 Å². The molecule has 4 nitrogen and oxygen atoms in total. The Kier molecular flexibility index (Phi) is 4.42. The minimum absolute atomic E-state index is 0.00135. The molecule has 1 aromatic carbocycles. The molecule has 2 rings (SSSR count). The third-order valence-electron chi connectivity index (χ3n) is 3.44. The Balaban J connectivity index is 1.96. The van der Waals surface area contributed by atoms with Crippen LogP contribution in [0.1, 0.15) is 18.4 Å². The van der Waals surface area contributed by atoms with Gasteiger partial charge in [0.2, 0.25) is 5.91 Å². The summed E-state index contributed by atoms with van der Waals surface area (Å²) in [6.45, 7) is 2.09. The summed E-state index contributed by atoms with van der Waals surface area (Å²) >= 11 is 8.36. The van der Waals surface area contributed by atoms with E-state index in [2.05, 4.69) is 51.2 Å². The summed E-state index contributed by atoms with van der Waals surface area (Å²) in [5, 5.41) is 3.14. The number of carbonyl (C=O) groups is 1. The lowest BCUT2D eigenvalue weighted by molar-refractivity contribution is -0.123. The van der Waals surface area contributed by atoms with Gasteiger partial charge in [-0.3, -0.25) is 15.6 Å². The Morgan fingerprint density at radius 3 is 2.74 bits per heavy atom. The summed E-state index contributed by atoms with van der Waals surface area (Å²) < 4.78 is 1.04. The number of benzene rings is 1. The first kappa shape index (κ1) is 14.3. The largest absolute Gasteiger partial charge is 0.364 e. The quantitative estimate of drug-likeness (QED) is 0.568. The first-order valence-corrected chi connectivity index (χ1v) is 7.27. The van der Waals surface area contributed by atoms with Crippen molar-refractivity contribution in [1.29, 1.82) is 0 Å². The number of thiocarbonyl (C=S) groups is 1. The van der Waals surface area contributed by atoms with Gasteiger partial charge in [0, 0.05) is 17.4 Å². The number of hydrogen-bond acceptors (Lipinski definition) is 2. The second-order valence-corrected chi connectivity index (χ2v) is 5.98. The monoisotopic (exact) mass is 341 g/mol. The maximum atomic E-state index is 12.0. The van der Waals surface area contributed by atoms with E-state index < -0.39 is 0 Å². The number of nitrogens with one attached hydrogen (secondary N) is 3. The standard InChI is InChI=1S/C13H16BrN3OS/c1-7-10(8-4-3-5-9(14)6-8)11(7)12(18)16-17-13(19)15-2/h3-7,10-11H,1-2H3,(H,16,18)(H2,15,17,19)/t7-,10+,11?/m0/s1. The lowest BCUT2D eigenvalue weighted by Gasteiger charge is -2.08. The van der Waals surface area contributed by atoms with Gasteiger partial charge >= 0.3 is 0 Å². The number of hydrazine groups is 1. The van der Waals surface area contributed by atoms with Gasteiger partial charge in [-0.05, 0) is 41.7 Å². The van der Waals surface area contributed by atoms with Gasteiger partial charge in [-0.15, -0.1) is 0 Å². The van der Waals surface area contributed by atoms with E-state index in [4.69, 9.17) is 12.2 Å². The fourth-order valence-electron chi connectivity index (χ4n) is 2.35. The number of carbonyl (C=O) groups excluding carboxylic acids is 1. The first-order chi connectivity index (χ1) is 9.04. The number of amides is 1. The Labute approximate surface area is 126 Å². The molecule has 1 aliphatic rings. The zero-order valence-electron chi connectivity index (χ0n) is 10.7. The Bertz CT molecular complexity index is 508. The predicted octanol–water partition coefficient (Wildman–Crippen LogP) is 1.92. The van der Waals surface area contributed by atoms with Crippen LogP contribution in [0.2, 0.25) is 0 Å². The molecule has 0 heterocycles. The number of rotatable bonds is 2. The minimum Gasteiger partial charge on any atom is -0.364 e. The summed E-state index contributed by atoms with van der Waals surface area (Å²) in [6.07, 6.45) is 0. The van der Waals surface area contributed by atoms with Gasteiger partial charge in [-0.1, -0.05) is 35.0 Å². The van der Waals surface area contributed by atoms with E-state index in [-0.39, 0.29) is 17.7 Å². The van der Waals surface area contributed by atoms with Crippen molar-refractivity contribution in [3.05, 3.63) is 34.3 Å². The molecule has 6 heteroatoms. The average Bonchev–Trinajstić information content (AvgIpc) is 3.07. The zero-order chi connectivity index (χ0) is 14.0. The molecule has 1 amide bonds. The van der Waals surface area contributed by atoms with Gasteiger partial charge in [0.25, 0.3) is 0 Å². The van der Waals surface area contributed by atoms with E-state index in [1.165, 1.54) is 5.56 Å². The molecule has 1 unspecified atom stereocenters. The second-order valence-electron chi connectivity index (χ2n) is 4.66. The van der Waals surface area contributed by atoms with Gasteiger partial charge in [0.1, 0.15) is 0 Å². The second kappa shape index (κ2) is 5.88. The van der Waals surface area contributed by atoms with E-state index in [1.807, 2.05) is 12.1 Å². The van der Waals surface area contributed by atoms with Crippen molar-refractivity contribution in [2.75, 3.05) is 7.05 Å². The normalized spacial score (nSPS) is 24.5. The molecule has 102 valence electrons. The number of hydrogen-bond donors (Lipinski definition) is 3. The molecule has 0 aliphatic heterocycles. The predicted molar refractivity (Wildman–Crippen MR) is 82.5 cm³/mol. The molecule has 0 spiro atoms. The molecular formula is C13H16BrN3OS. The van der Waals surface area contributed by atoms with Crippen LogP contribution >= 0.6 is 28.1 Å². The van der Waals surface area contributed by atoms with Crippen LogP contribution in [0, 0.1) is 11.8 Å². The summed E-state index contributed by atoms with van der Waals surface area (Å²) in [4.78, 5) is 12.0. The highest BCUT2D eigenvalue weighted by Gasteiger charge is 2.52. The summed E-state index contributed by atoms with van der Waals surface area (Å²) in [5.74, 6) is 0.609. The fourth-order valence-corrected chi connectivity index (χ4v) is 2.82. The topological polar surface area (TPSA) is 53.2 Å². The van der Waals surface area contributed by atoms with Gasteiger partial charge < -0.3 is 5.32 Å². The van der Waals surface area contributed by atoms with Crippen LogP contribution in [-0.2, 0) is 4.79 Å². The van der Waals surface area contributed by atoms with Crippen molar-refractivity contribution in [2.45, 2.75) is 12.8 Å². The van der Waals surface area contributed by atoms with Crippen molar-refractivity contribution < 1.29 is 4.79 Å². The van der Waals surface area contributed by atoms with Crippen LogP contribution in [0.4, 0.5) is 0 Å². The van der Waals surface area contributed by atoms with E-state index in [9.17, 15) is 4.79 Å². The molecule has 1 aliphatic carbocycles. The van der Waals surface area contributed by atoms with Crippen LogP contribution in [0.15, 0.2) is 28.7 Å². The highest BCUT2D eigenvalue weighted by Crippen LogP contribution is 2.53. The Morgan fingerprint density at radius 2 is 2.11 bits per heavy atom. The van der Waals surface area contributed by atoms with Gasteiger partial charge in [0.05, 0.1) is 0 Å². The molecule has 1 aromatic rings. The highest BCUT2D eigenvalue weighted by molar-refractivity contribution is 9.10. The van der Waals surface area contributed by atoms with Crippen LogP contribution in [-0.4, -0.2) is 18.1 Å². The first-order valence-electron chi connectivity index (χ1n) is 6.07. The Morgan fingerprint density at radius 1 is 1.37 bits per heavy atom. The van der Waals surface area contributed by atoms with E-state index in [0.29, 0.717) is 11.0 Å². The average molecular weight is 342 g/mol. The molecule has 1 saturated carbocycles. The SMILES string of the molecule is CNC(=S)NNC(=O)C1[C@@H](C)[C@@H]1c1cccc(Br)c1. The molecule has 3 N–H and O–H groups in total. The fraction of sp³-hybridized carbons (Fsp3) is 0.385. The molecular weight excluding hydrogens is 326 g/mol. The summed E-state index contributed by atoms with van der Waals surface area (Å²) in [5.41, 5.74) is 6.50. The molecule has 1 fully saturated rings. The van der Waals surface area contributed by atoms with Crippen molar-refractivity contribution in [3.63, 3.8) is 0 Å². The van der Waals surface area contributed by atoms with Gasteiger partial charge in [0.15, 0.2) is 5.11 Å². The third kappa shape index (κ3) is 3.25. The molecule has 0 saturated heterocycles. The smallest absolute Gasteiger partial charge is 0.242 e. The zero-order valence-corrected chi connectivity index (χ0v) is 13.1. The van der Waals surface area contributed by atoms with E-state index in [1.54, 1.807) is 7.05 Å². The van der Waals surface area contributed by atoms with Gasteiger partial charge in [-0.2, -0.15) is 0 Å². The lowest BCUT2D eigenvalue weighted by Crippen LogP contribution is -2.46. The van der Waals surface area contributed by atoms with Crippen LogP contribution in [0.3, 0.4) is 0 Å². The van der Waals surface area contributed by atoms with Crippen LogP contribution in [0.25, 0.3) is 0 Å². The summed E-state index contributed by atoms with van der Waals surface area (Å²) in [6, 6.07) is 8.11. The molecule has 3 atom stereocenters. The molecule has 19 heavy (non-hydrogen) atoms. The maximum Gasteiger partial charge on any atom is 0.242 e. The number of halogens is 1. The van der Waals surface area contributed by atoms with Crippen LogP contribution in [0.5, 0.6) is 0 Å². The highest BCUT2D eigenvalue weighted by atomic mass is 79.9. The van der Waals surface area contributed by atoms with Crippen LogP contribution < -0.4 is 16.2 Å². The van der Waals surface area contributed by atoms with Crippen molar-refractivity contribution >= 4 is 39.2 Å². The molecule has 0 radical (unpaired) electrons. The minimum atomic E-state index is -0.0184. The maximum absolute atomic E-state index is 12.0.